The summed E-state index contributed by atoms with van der Waals surface area (Å²) in [5.74, 6) is 0.217. The topological polar surface area (TPSA) is 84.2 Å². The van der Waals surface area contributed by atoms with Crippen LogP contribution in [0.15, 0.2) is 46.9 Å². The number of nitrogens with zero attached hydrogens (tertiary/aromatic N) is 1. The van der Waals surface area contributed by atoms with E-state index >= 15 is 0 Å². The summed E-state index contributed by atoms with van der Waals surface area (Å²) in [6, 6.07) is 11.2. The quantitative estimate of drug-likeness (QED) is 0.696. The predicted molar refractivity (Wildman–Crippen MR) is 107 cm³/mol. The van der Waals surface area contributed by atoms with Gasteiger partial charge < -0.3 is 15.1 Å². The first-order chi connectivity index (χ1) is 13.7. The maximum atomic E-state index is 13.1. The van der Waals surface area contributed by atoms with Crippen LogP contribution in [0.5, 0.6) is 0 Å². The molecule has 0 aliphatic carbocycles. The van der Waals surface area contributed by atoms with Crippen molar-refractivity contribution in [3.63, 3.8) is 0 Å². The molecule has 2 aromatic carbocycles. The van der Waals surface area contributed by atoms with Crippen molar-refractivity contribution in [1.82, 2.24) is 4.98 Å². The van der Waals surface area contributed by atoms with Crippen LogP contribution in [0, 0.1) is 12.7 Å². The van der Waals surface area contributed by atoms with Gasteiger partial charge in [0.05, 0.1) is 17.5 Å². The van der Waals surface area contributed by atoms with Gasteiger partial charge in [-0.3, -0.25) is 9.59 Å². The number of hydrogen-bond donors (Lipinski definition) is 2. The van der Waals surface area contributed by atoms with Crippen LogP contribution >= 0.6 is 0 Å². The van der Waals surface area contributed by atoms with Crippen LogP contribution in [0.25, 0.3) is 11.5 Å². The number of benzene rings is 2. The van der Waals surface area contributed by atoms with Crippen LogP contribution in [-0.4, -0.2) is 16.8 Å². The van der Waals surface area contributed by atoms with Crippen LogP contribution in [-0.2, 0) is 21.4 Å². The zero-order valence-corrected chi connectivity index (χ0v) is 16.3. The Morgan fingerprint density at radius 1 is 1.21 bits per heavy atom. The van der Waals surface area contributed by atoms with E-state index in [2.05, 4.69) is 15.6 Å². The Morgan fingerprint density at radius 3 is 2.66 bits per heavy atom. The molecule has 2 heterocycles. The molecule has 0 saturated carbocycles. The van der Waals surface area contributed by atoms with Crippen LogP contribution < -0.4 is 10.6 Å². The number of aromatic nitrogens is 1. The Hall–Kier alpha value is -3.48. The van der Waals surface area contributed by atoms with Crippen LogP contribution in [0.3, 0.4) is 0 Å². The molecule has 29 heavy (non-hydrogen) atoms. The molecule has 1 aliphatic heterocycles. The molecular formula is C22H20FN3O3. The lowest BCUT2D eigenvalue weighted by Gasteiger charge is -2.16. The van der Waals surface area contributed by atoms with Crippen LogP contribution in [0.2, 0.25) is 0 Å². The van der Waals surface area contributed by atoms with Crippen molar-refractivity contribution in [2.24, 2.45) is 0 Å². The summed E-state index contributed by atoms with van der Waals surface area (Å²) < 4.78 is 18.7. The Bertz CT molecular complexity index is 1120. The molecule has 2 amide bonds. The van der Waals surface area contributed by atoms with E-state index in [1.165, 1.54) is 12.1 Å². The lowest BCUT2D eigenvalue weighted by molar-refractivity contribution is -0.119. The van der Waals surface area contributed by atoms with Crippen molar-refractivity contribution in [2.45, 2.75) is 32.6 Å². The van der Waals surface area contributed by atoms with Gasteiger partial charge in [0.1, 0.15) is 11.6 Å². The number of rotatable bonds is 4. The molecule has 1 aliphatic rings. The van der Waals surface area contributed by atoms with Crippen molar-refractivity contribution in [1.29, 1.82) is 0 Å². The number of carbonyl (C=O) groups excluding carboxylic acids is 2. The molecule has 0 radical (unpaired) electrons. The standard InChI is InChI=1S/C22H20FN3O3/c1-12-18(25-20(29-12)13-4-6-14(23)7-5-13)11-19(27)24-15-8-9-17-16(10-15)22(2,3)21(28)26-17/h4-10H,11H2,1-3H3,(H,24,27)(H,26,28). The number of aryl methyl sites for hydroxylation is 1. The second kappa shape index (κ2) is 6.84. The molecule has 148 valence electrons. The molecule has 3 aromatic rings. The molecule has 4 rings (SSSR count). The van der Waals surface area contributed by atoms with Gasteiger partial charge in [0.25, 0.3) is 0 Å². The highest BCUT2D eigenvalue weighted by molar-refractivity contribution is 6.06. The minimum Gasteiger partial charge on any atom is -0.441 e. The van der Waals surface area contributed by atoms with E-state index in [0.717, 1.165) is 11.3 Å². The summed E-state index contributed by atoms with van der Waals surface area (Å²) in [6.45, 7) is 5.42. The average Bonchev–Trinajstić information content (AvgIpc) is 3.13. The van der Waals surface area contributed by atoms with Gasteiger partial charge in [0, 0.05) is 16.9 Å². The summed E-state index contributed by atoms with van der Waals surface area (Å²) in [7, 11) is 0. The van der Waals surface area contributed by atoms with Crippen LogP contribution in [0.1, 0.15) is 30.9 Å². The van der Waals surface area contributed by atoms with Gasteiger partial charge in [-0.1, -0.05) is 0 Å². The second-order valence-corrected chi connectivity index (χ2v) is 7.59. The highest BCUT2D eigenvalue weighted by atomic mass is 19.1. The van der Waals surface area contributed by atoms with Crippen molar-refractivity contribution in [3.05, 3.63) is 65.3 Å². The van der Waals surface area contributed by atoms with E-state index in [0.29, 0.717) is 28.6 Å². The first-order valence-electron chi connectivity index (χ1n) is 9.22. The Kier molecular flexibility index (Phi) is 4.45. The van der Waals surface area contributed by atoms with E-state index < -0.39 is 5.41 Å². The summed E-state index contributed by atoms with van der Waals surface area (Å²) in [4.78, 5) is 29.0. The first kappa shape index (κ1) is 18.9. The van der Waals surface area contributed by atoms with Gasteiger partial charge in [-0.2, -0.15) is 0 Å². The van der Waals surface area contributed by atoms with E-state index in [9.17, 15) is 14.0 Å². The normalized spacial score (nSPS) is 14.4. The minimum atomic E-state index is -0.650. The molecule has 2 N–H and O–H groups in total. The van der Waals surface area contributed by atoms with E-state index in [1.807, 2.05) is 19.9 Å². The Labute approximate surface area is 167 Å². The molecule has 0 unspecified atom stereocenters. The maximum Gasteiger partial charge on any atom is 0.234 e. The predicted octanol–water partition coefficient (Wildman–Crippen LogP) is 4.20. The van der Waals surface area contributed by atoms with Crippen LogP contribution in [0.4, 0.5) is 15.8 Å². The molecular weight excluding hydrogens is 373 g/mol. The third-order valence-corrected chi connectivity index (χ3v) is 5.10. The van der Waals surface area contributed by atoms with E-state index in [1.54, 1.807) is 31.2 Å². The fraction of sp³-hybridized carbons (Fsp3) is 0.227. The lowest BCUT2D eigenvalue weighted by Crippen LogP contribution is -2.27. The second-order valence-electron chi connectivity index (χ2n) is 7.59. The van der Waals surface area contributed by atoms with Gasteiger partial charge >= 0.3 is 0 Å². The number of anilines is 2. The van der Waals surface area contributed by atoms with E-state index in [-0.39, 0.29) is 24.1 Å². The van der Waals surface area contributed by atoms with Gasteiger partial charge in [-0.05, 0) is 68.8 Å². The fourth-order valence-corrected chi connectivity index (χ4v) is 3.31. The zero-order valence-electron chi connectivity index (χ0n) is 16.3. The van der Waals surface area contributed by atoms with Crippen molar-refractivity contribution >= 4 is 23.2 Å². The molecule has 1 aromatic heterocycles. The molecule has 0 fully saturated rings. The summed E-state index contributed by atoms with van der Waals surface area (Å²) in [5.41, 5.74) is 2.71. The van der Waals surface area contributed by atoms with Gasteiger partial charge in [-0.25, -0.2) is 9.37 Å². The number of hydrogen-bond acceptors (Lipinski definition) is 4. The Morgan fingerprint density at radius 2 is 1.93 bits per heavy atom. The van der Waals surface area contributed by atoms with Crippen molar-refractivity contribution in [3.8, 4) is 11.5 Å². The van der Waals surface area contributed by atoms with Gasteiger partial charge in [-0.15, -0.1) is 0 Å². The van der Waals surface area contributed by atoms with E-state index in [4.69, 9.17) is 4.42 Å². The third-order valence-electron chi connectivity index (χ3n) is 5.10. The lowest BCUT2D eigenvalue weighted by atomic mass is 9.86. The molecule has 0 bridgehead atoms. The zero-order chi connectivity index (χ0) is 20.8. The number of nitrogens with one attached hydrogen (secondary N) is 2. The summed E-state index contributed by atoms with van der Waals surface area (Å²) in [6.07, 6.45) is 0.0359. The summed E-state index contributed by atoms with van der Waals surface area (Å²) in [5, 5.41) is 5.69. The molecule has 0 atom stereocenters. The maximum absolute atomic E-state index is 13.1. The highest BCUT2D eigenvalue weighted by Crippen LogP contribution is 2.38. The largest absolute Gasteiger partial charge is 0.441 e. The van der Waals surface area contributed by atoms with Gasteiger partial charge in [0.2, 0.25) is 17.7 Å². The number of amides is 2. The number of carbonyl (C=O) groups is 2. The molecule has 0 saturated heterocycles. The molecule has 0 spiro atoms. The van der Waals surface area contributed by atoms with Crippen molar-refractivity contribution < 1.29 is 18.4 Å². The first-order valence-corrected chi connectivity index (χ1v) is 9.22. The highest BCUT2D eigenvalue weighted by Gasteiger charge is 2.38. The SMILES string of the molecule is Cc1oc(-c2ccc(F)cc2)nc1CC(=O)Nc1ccc2c(c1)C(C)(C)C(=O)N2. The monoisotopic (exact) mass is 393 g/mol. The van der Waals surface area contributed by atoms with Gasteiger partial charge in [0.15, 0.2) is 0 Å². The molecule has 6 nitrogen and oxygen atoms in total. The van der Waals surface area contributed by atoms with Crippen molar-refractivity contribution in [2.75, 3.05) is 10.6 Å². The average molecular weight is 393 g/mol. The minimum absolute atomic E-state index is 0.0359. The Balaban J connectivity index is 1.49. The number of oxazole rings is 1. The smallest absolute Gasteiger partial charge is 0.234 e. The number of fused-ring (bicyclic) bond motifs is 1. The third kappa shape index (κ3) is 3.51. The number of halogens is 1. The summed E-state index contributed by atoms with van der Waals surface area (Å²) >= 11 is 0. The fourth-order valence-electron chi connectivity index (χ4n) is 3.31. The molecule has 7 heteroatoms.